The van der Waals surface area contributed by atoms with Gasteiger partial charge in [-0.1, -0.05) is 11.6 Å². The van der Waals surface area contributed by atoms with Crippen LogP contribution in [0.5, 0.6) is 0 Å². The van der Waals surface area contributed by atoms with Gasteiger partial charge in [-0.25, -0.2) is 13.1 Å². The molecule has 0 radical (unpaired) electrons. The molecule has 0 heterocycles. The van der Waals surface area contributed by atoms with Crippen molar-refractivity contribution in [2.45, 2.75) is 24.7 Å². The molecule has 0 aliphatic rings. The highest BCUT2D eigenvalue weighted by Crippen LogP contribution is 2.25. The van der Waals surface area contributed by atoms with Gasteiger partial charge in [-0.05, 0) is 24.6 Å². The summed E-state index contributed by atoms with van der Waals surface area (Å²) in [6.07, 6.45) is 0.449. The Hall–Kier alpha value is -1.64. The molecule has 7 nitrogen and oxygen atoms in total. The zero-order chi connectivity index (χ0) is 16.8. The van der Waals surface area contributed by atoms with Crippen molar-refractivity contribution >= 4 is 39.2 Å². The van der Waals surface area contributed by atoms with Crippen LogP contribution in [0.4, 0.5) is 5.69 Å². The molecule has 0 aliphatic carbocycles. The molecule has 1 aromatic carbocycles. The van der Waals surface area contributed by atoms with Crippen LogP contribution in [0.25, 0.3) is 0 Å². The van der Waals surface area contributed by atoms with E-state index in [0.29, 0.717) is 12.1 Å². The molecule has 0 bridgehead atoms. The number of hydrogen-bond acceptors (Lipinski definition) is 5. The minimum atomic E-state index is -3.73. The van der Waals surface area contributed by atoms with Gasteiger partial charge in [0.15, 0.2) is 0 Å². The standard InChI is InChI=1S/C13H17ClN2O5S/c1-9(17)16-12-6-5-10(8-11(12)14)22(19,20)15-7-3-4-13(18)21-2/h5-6,8,15H,3-4,7H2,1-2H3,(H,16,17). The van der Waals surface area contributed by atoms with Crippen molar-refractivity contribution in [1.29, 1.82) is 0 Å². The predicted molar refractivity (Wildman–Crippen MR) is 82.2 cm³/mol. The number of carbonyl (C=O) groups is 2. The Bertz CT molecular complexity index is 660. The van der Waals surface area contributed by atoms with E-state index < -0.39 is 16.0 Å². The molecule has 122 valence electrons. The van der Waals surface area contributed by atoms with Crippen LogP contribution >= 0.6 is 11.6 Å². The van der Waals surface area contributed by atoms with Crippen molar-refractivity contribution in [3.63, 3.8) is 0 Å². The van der Waals surface area contributed by atoms with Crippen molar-refractivity contribution in [2.24, 2.45) is 0 Å². The molecule has 0 aromatic heterocycles. The van der Waals surface area contributed by atoms with Gasteiger partial charge in [0.1, 0.15) is 0 Å². The molecule has 0 saturated carbocycles. The van der Waals surface area contributed by atoms with E-state index in [4.69, 9.17) is 11.6 Å². The van der Waals surface area contributed by atoms with E-state index in [9.17, 15) is 18.0 Å². The Morgan fingerprint density at radius 2 is 2.00 bits per heavy atom. The summed E-state index contributed by atoms with van der Waals surface area (Å²) in [5.74, 6) is -0.708. The van der Waals surface area contributed by atoms with Gasteiger partial charge in [-0.3, -0.25) is 9.59 Å². The number of benzene rings is 1. The van der Waals surface area contributed by atoms with Gasteiger partial charge in [0, 0.05) is 19.9 Å². The number of ether oxygens (including phenoxy) is 1. The maximum atomic E-state index is 12.1. The Labute approximate surface area is 134 Å². The molecule has 1 rings (SSSR count). The molecule has 0 atom stereocenters. The third-order valence-electron chi connectivity index (χ3n) is 2.64. The van der Waals surface area contributed by atoms with Gasteiger partial charge in [0.25, 0.3) is 0 Å². The summed E-state index contributed by atoms with van der Waals surface area (Å²) in [4.78, 5) is 21.9. The first-order valence-electron chi connectivity index (χ1n) is 6.40. The Morgan fingerprint density at radius 1 is 1.32 bits per heavy atom. The van der Waals surface area contributed by atoms with Gasteiger partial charge < -0.3 is 10.1 Å². The van der Waals surface area contributed by atoms with Crippen LogP contribution < -0.4 is 10.0 Å². The lowest BCUT2D eigenvalue weighted by Crippen LogP contribution is -2.25. The molecule has 0 aliphatic heterocycles. The number of anilines is 1. The summed E-state index contributed by atoms with van der Waals surface area (Å²) in [5.41, 5.74) is 0.332. The molecule has 0 fully saturated rings. The molecule has 1 aromatic rings. The first-order chi connectivity index (χ1) is 10.3. The maximum Gasteiger partial charge on any atom is 0.305 e. The average molecular weight is 349 g/mol. The van der Waals surface area contributed by atoms with Crippen LogP contribution in [0.1, 0.15) is 19.8 Å². The van der Waals surface area contributed by atoms with Crippen LogP contribution in [-0.2, 0) is 24.3 Å². The van der Waals surface area contributed by atoms with E-state index in [1.807, 2.05) is 0 Å². The van der Waals surface area contributed by atoms with Gasteiger partial charge in [0.2, 0.25) is 15.9 Å². The first-order valence-corrected chi connectivity index (χ1v) is 8.26. The number of carbonyl (C=O) groups excluding carboxylic acids is 2. The van der Waals surface area contributed by atoms with Crippen LogP contribution in [0.15, 0.2) is 23.1 Å². The second-order valence-electron chi connectivity index (χ2n) is 4.40. The van der Waals surface area contributed by atoms with E-state index in [1.165, 1.54) is 32.2 Å². The summed E-state index contributed by atoms with van der Waals surface area (Å²) in [7, 11) is -2.46. The number of methoxy groups -OCH3 is 1. The van der Waals surface area contributed by atoms with Crippen molar-refractivity contribution < 1.29 is 22.7 Å². The summed E-state index contributed by atoms with van der Waals surface area (Å²) in [6.45, 7) is 1.42. The van der Waals surface area contributed by atoms with Crippen molar-refractivity contribution in [1.82, 2.24) is 4.72 Å². The van der Waals surface area contributed by atoms with E-state index in [1.54, 1.807) is 0 Å². The van der Waals surface area contributed by atoms with E-state index in [-0.39, 0.29) is 28.8 Å². The third-order valence-corrected chi connectivity index (χ3v) is 4.41. The summed E-state index contributed by atoms with van der Waals surface area (Å²) >= 11 is 5.93. The normalized spacial score (nSPS) is 11.0. The van der Waals surface area contributed by atoms with E-state index in [0.717, 1.165) is 0 Å². The number of hydrogen-bond donors (Lipinski definition) is 2. The average Bonchev–Trinajstić information content (AvgIpc) is 2.45. The van der Waals surface area contributed by atoms with Gasteiger partial charge in [-0.2, -0.15) is 0 Å². The van der Waals surface area contributed by atoms with E-state index >= 15 is 0 Å². The molecule has 2 N–H and O–H groups in total. The highest BCUT2D eigenvalue weighted by molar-refractivity contribution is 7.89. The largest absolute Gasteiger partial charge is 0.469 e. The monoisotopic (exact) mass is 348 g/mol. The Morgan fingerprint density at radius 3 is 2.55 bits per heavy atom. The Balaban J connectivity index is 2.71. The molecular weight excluding hydrogens is 332 g/mol. The Kier molecular flexibility index (Phi) is 6.79. The lowest BCUT2D eigenvalue weighted by atomic mass is 10.3. The fourth-order valence-corrected chi connectivity index (χ4v) is 2.97. The summed E-state index contributed by atoms with van der Waals surface area (Å²) in [5, 5.41) is 2.60. The second kappa shape index (κ2) is 8.11. The molecule has 0 spiro atoms. The zero-order valence-electron chi connectivity index (χ0n) is 12.2. The number of halogens is 1. The smallest absolute Gasteiger partial charge is 0.305 e. The van der Waals surface area contributed by atoms with Crippen LogP contribution in [-0.4, -0.2) is 33.9 Å². The molecule has 0 unspecified atom stereocenters. The number of nitrogens with one attached hydrogen (secondary N) is 2. The van der Waals surface area contributed by atoms with Crippen molar-refractivity contribution in [3.05, 3.63) is 23.2 Å². The van der Waals surface area contributed by atoms with E-state index in [2.05, 4.69) is 14.8 Å². The van der Waals surface area contributed by atoms with Crippen LogP contribution in [0, 0.1) is 0 Å². The topological polar surface area (TPSA) is 102 Å². The first kappa shape index (κ1) is 18.4. The number of sulfonamides is 1. The molecule has 22 heavy (non-hydrogen) atoms. The summed E-state index contributed by atoms with van der Waals surface area (Å²) < 4.78 is 30.9. The molecule has 9 heteroatoms. The van der Waals surface area contributed by atoms with Gasteiger partial charge >= 0.3 is 5.97 Å². The fraction of sp³-hybridized carbons (Fsp3) is 0.385. The quantitative estimate of drug-likeness (QED) is 0.574. The molecule has 0 saturated heterocycles. The minimum Gasteiger partial charge on any atom is -0.469 e. The molecular formula is C13H17ClN2O5S. The number of esters is 1. The summed E-state index contributed by atoms with van der Waals surface area (Å²) in [6, 6.07) is 3.99. The highest BCUT2D eigenvalue weighted by Gasteiger charge is 2.15. The lowest BCUT2D eigenvalue weighted by Gasteiger charge is -2.09. The molecule has 1 amide bonds. The highest BCUT2D eigenvalue weighted by atomic mass is 35.5. The fourth-order valence-electron chi connectivity index (χ4n) is 1.58. The third kappa shape index (κ3) is 5.63. The van der Waals surface area contributed by atoms with Crippen LogP contribution in [0.3, 0.4) is 0 Å². The second-order valence-corrected chi connectivity index (χ2v) is 6.57. The minimum absolute atomic E-state index is 0.0235. The predicted octanol–water partition coefficient (Wildman–Crippen LogP) is 1.53. The lowest BCUT2D eigenvalue weighted by molar-refractivity contribution is -0.140. The number of amides is 1. The van der Waals surface area contributed by atoms with Crippen molar-refractivity contribution in [2.75, 3.05) is 19.0 Å². The SMILES string of the molecule is COC(=O)CCCNS(=O)(=O)c1ccc(NC(C)=O)c(Cl)c1. The van der Waals surface area contributed by atoms with Crippen molar-refractivity contribution in [3.8, 4) is 0 Å². The number of rotatable bonds is 7. The van der Waals surface area contributed by atoms with Crippen LogP contribution in [0.2, 0.25) is 5.02 Å². The maximum absolute atomic E-state index is 12.1. The van der Waals surface area contributed by atoms with Gasteiger partial charge in [0.05, 0.1) is 22.7 Å². The zero-order valence-corrected chi connectivity index (χ0v) is 13.8. The van der Waals surface area contributed by atoms with Gasteiger partial charge in [-0.15, -0.1) is 0 Å².